The number of alkyl carbamates (subject to hydrolysis) is 1. The molecule has 0 aliphatic heterocycles. The van der Waals surface area contributed by atoms with E-state index in [2.05, 4.69) is 31.4 Å². The Balaban J connectivity index is 2.38. The zero-order chi connectivity index (χ0) is 24.4. The summed E-state index contributed by atoms with van der Waals surface area (Å²) < 4.78 is 5.53. The second-order valence-electron chi connectivity index (χ2n) is 11.3. The van der Waals surface area contributed by atoms with Crippen molar-refractivity contribution in [3.05, 3.63) is 12.2 Å². The van der Waals surface area contributed by atoms with Crippen LogP contribution in [0.2, 0.25) is 0 Å². The Bertz CT molecular complexity index is 643. The van der Waals surface area contributed by atoms with Crippen LogP contribution in [-0.4, -0.2) is 37.5 Å². The summed E-state index contributed by atoms with van der Waals surface area (Å²) in [5.74, 6) is 0.453. The molecular weight excluding hydrogens is 404 g/mol. The lowest BCUT2D eigenvalue weighted by molar-refractivity contribution is -0.131. The third-order valence-electron chi connectivity index (χ3n) is 5.91. The third-order valence-corrected chi connectivity index (χ3v) is 5.91. The molecule has 3 atom stereocenters. The lowest BCUT2D eigenvalue weighted by Crippen LogP contribution is -2.32. The van der Waals surface area contributed by atoms with Crippen LogP contribution in [0.1, 0.15) is 92.9 Å². The maximum Gasteiger partial charge on any atom is 0.407 e. The lowest BCUT2D eigenvalue weighted by atomic mass is 9.74. The number of allylic oxidation sites excluding steroid dienone is 1. The molecule has 2 N–H and O–H groups in total. The number of hydrogen-bond donors (Lipinski definition) is 2. The van der Waals surface area contributed by atoms with E-state index in [1.807, 2.05) is 32.9 Å². The van der Waals surface area contributed by atoms with E-state index in [1.54, 1.807) is 7.05 Å². The monoisotopic (exact) mass is 450 g/mol. The summed E-state index contributed by atoms with van der Waals surface area (Å²) in [6.07, 6.45) is 9.67. The molecule has 0 aromatic heterocycles. The molecule has 0 spiro atoms. The molecule has 0 bridgehead atoms. The van der Waals surface area contributed by atoms with Gasteiger partial charge in [0.05, 0.1) is 0 Å². The summed E-state index contributed by atoms with van der Waals surface area (Å²) >= 11 is 0. The highest BCUT2D eigenvalue weighted by molar-refractivity contribution is 5.86. The first kappa shape index (κ1) is 28.2. The van der Waals surface area contributed by atoms with Crippen LogP contribution in [0.4, 0.5) is 4.79 Å². The molecule has 0 aromatic carbocycles. The van der Waals surface area contributed by atoms with Gasteiger partial charge < -0.3 is 15.4 Å². The van der Waals surface area contributed by atoms with Crippen molar-refractivity contribution in [1.82, 2.24) is 10.6 Å². The number of nitrogens with one attached hydrogen (secondary N) is 2. The van der Waals surface area contributed by atoms with Crippen molar-refractivity contribution in [1.29, 1.82) is 0 Å². The normalized spacial score (nSPS) is 21.6. The van der Waals surface area contributed by atoms with Crippen molar-refractivity contribution >= 4 is 17.8 Å². The second-order valence-corrected chi connectivity index (χ2v) is 11.3. The Kier molecular flexibility index (Phi) is 11.5. The van der Waals surface area contributed by atoms with Crippen molar-refractivity contribution in [3.8, 4) is 0 Å². The van der Waals surface area contributed by atoms with E-state index in [4.69, 9.17) is 4.74 Å². The molecule has 6 heteroatoms. The van der Waals surface area contributed by atoms with E-state index in [1.165, 1.54) is 0 Å². The number of ether oxygens (including phenoxy) is 1. The number of hydrogen-bond acceptors (Lipinski definition) is 4. The van der Waals surface area contributed by atoms with E-state index >= 15 is 0 Å². The van der Waals surface area contributed by atoms with Crippen LogP contribution < -0.4 is 10.6 Å². The minimum atomic E-state index is -0.403. The number of rotatable bonds is 9. The van der Waals surface area contributed by atoms with Crippen molar-refractivity contribution in [2.75, 3.05) is 13.6 Å². The van der Waals surface area contributed by atoms with Crippen LogP contribution >= 0.6 is 0 Å². The van der Waals surface area contributed by atoms with Crippen molar-refractivity contribution < 1.29 is 19.1 Å². The summed E-state index contributed by atoms with van der Waals surface area (Å²) in [5, 5.41) is 5.54. The molecule has 0 radical (unpaired) electrons. The van der Waals surface area contributed by atoms with Gasteiger partial charge >= 0.3 is 6.09 Å². The van der Waals surface area contributed by atoms with E-state index in [0.717, 1.165) is 44.9 Å². The fourth-order valence-corrected chi connectivity index (χ4v) is 4.28. The van der Waals surface area contributed by atoms with Gasteiger partial charge in [-0.3, -0.25) is 9.59 Å². The van der Waals surface area contributed by atoms with Gasteiger partial charge in [0.1, 0.15) is 11.9 Å². The van der Waals surface area contributed by atoms with Crippen LogP contribution in [0.25, 0.3) is 0 Å². The number of carbonyl (C=O) groups excluding carboxylic acids is 3. The molecule has 2 amide bonds. The highest BCUT2D eigenvalue weighted by Gasteiger charge is 2.32. The van der Waals surface area contributed by atoms with Gasteiger partial charge in [-0.25, -0.2) is 4.79 Å². The Hall–Kier alpha value is -1.85. The molecule has 6 nitrogen and oxygen atoms in total. The van der Waals surface area contributed by atoms with E-state index in [9.17, 15) is 14.4 Å². The molecule has 1 rings (SSSR count). The molecule has 0 aromatic rings. The SMILES string of the molecule is CNC(=O)C1C/C=C/C(OC(=O)NCCCC[C@@H](CC(C)(C)C)C(=O)C(C)(C)C)CCC1. The summed E-state index contributed by atoms with van der Waals surface area (Å²) in [6, 6.07) is 0. The molecule has 0 saturated heterocycles. The average molecular weight is 451 g/mol. The minimum Gasteiger partial charge on any atom is -0.442 e. The second kappa shape index (κ2) is 13.0. The van der Waals surface area contributed by atoms with Crippen LogP contribution in [0.5, 0.6) is 0 Å². The number of ketones is 1. The number of unbranched alkanes of at least 4 members (excludes halogenated alkanes) is 1. The molecule has 2 unspecified atom stereocenters. The molecule has 1 aliphatic carbocycles. The number of amides is 2. The molecule has 1 aliphatic rings. The van der Waals surface area contributed by atoms with Crippen molar-refractivity contribution in [2.24, 2.45) is 22.7 Å². The smallest absolute Gasteiger partial charge is 0.407 e. The van der Waals surface area contributed by atoms with Gasteiger partial charge in [-0.2, -0.15) is 0 Å². The van der Waals surface area contributed by atoms with Gasteiger partial charge in [-0.15, -0.1) is 0 Å². The molecule has 32 heavy (non-hydrogen) atoms. The first-order chi connectivity index (χ1) is 14.8. The molecule has 184 valence electrons. The Morgan fingerprint density at radius 3 is 2.34 bits per heavy atom. The van der Waals surface area contributed by atoms with E-state index in [-0.39, 0.29) is 34.7 Å². The fourth-order valence-electron chi connectivity index (χ4n) is 4.28. The number of Topliss-reactive ketones (excluding diaryl/α,β-unsaturated/α-hetero) is 1. The maximum absolute atomic E-state index is 12.8. The quantitative estimate of drug-likeness (QED) is 0.363. The highest BCUT2D eigenvalue weighted by atomic mass is 16.6. The van der Waals surface area contributed by atoms with Gasteiger partial charge in [0, 0.05) is 30.8 Å². The van der Waals surface area contributed by atoms with Crippen molar-refractivity contribution in [3.63, 3.8) is 0 Å². The number of carbonyl (C=O) groups is 3. The fraction of sp³-hybridized carbons (Fsp3) is 0.808. The van der Waals surface area contributed by atoms with Crippen LogP contribution in [-0.2, 0) is 14.3 Å². The van der Waals surface area contributed by atoms with Gasteiger partial charge in [-0.05, 0) is 56.4 Å². The van der Waals surface area contributed by atoms with Gasteiger partial charge in [0.2, 0.25) is 5.91 Å². The topological polar surface area (TPSA) is 84.5 Å². The zero-order valence-electron chi connectivity index (χ0n) is 21.4. The Morgan fingerprint density at radius 2 is 1.75 bits per heavy atom. The first-order valence-electron chi connectivity index (χ1n) is 12.2. The summed E-state index contributed by atoms with van der Waals surface area (Å²) in [7, 11) is 1.66. The average Bonchev–Trinajstić information content (AvgIpc) is 2.66. The zero-order valence-corrected chi connectivity index (χ0v) is 21.4. The summed E-state index contributed by atoms with van der Waals surface area (Å²) in [4.78, 5) is 36.8. The largest absolute Gasteiger partial charge is 0.442 e. The van der Waals surface area contributed by atoms with Gasteiger partial charge in [0.15, 0.2) is 0 Å². The molecule has 0 heterocycles. The molecule has 0 fully saturated rings. The standard InChI is InChI=1S/C26H46N2O4/c1-25(2,3)18-20(22(29)26(4,5)6)12-8-9-17-28-24(31)32-21-15-10-13-19(14-11-16-21)23(30)27-7/h10,15,19-21H,8-9,11-14,16-18H2,1-7H3,(H,27,30)(H,28,31)/b15-10+/t19?,20-,21?/m0/s1. The summed E-state index contributed by atoms with van der Waals surface area (Å²) in [5.41, 5.74) is -0.220. The van der Waals surface area contributed by atoms with Gasteiger partial charge in [0.25, 0.3) is 0 Å². The molecule has 0 saturated carbocycles. The van der Waals surface area contributed by atoms with Crippen molar-refractivity contribution in [2.45, 2.75) is 99.0 Å². The summed E-state index contributed by atoms with van der Waals surface area (Å²) in [6.45, 7) is 13.0. The van der Waals surface area contributed by atoms with Crippen LogP contribution in [0, 0.1) is 22.7 Å². The lowest BCUT2D eigenvalue weighted by Gasteiger charge is -2.30. The van der Waals surface area contributed by atoms with E-state index in [0.29, 0.717) is 18.7 Å². The van der Waals surface area contributed by atoms with Gasteiger partial charge in [-0.1, -0.05) is 54.0 Å². The molecular formula is C26H46N2O4. The van der Waals surface area contributed by atoms with Crippen LogP contribution in [0.15, 0.2) is 12.2 Å². The predicted octanol–water partition coefficient (Wildman–Crippen LogP) is 5.41. The Labute approximate surface area is 195 Å². The maximum atomic E-state index is 12.8. The van der Waals surface area contributed by atoms with Crippen LogP contribution in [0.3, 0.4) is 0 Å². The first-order valence-corrected chi connectivity index (χ1v) is 12.2. The highest BCUT2D eigenvalue weighted by Crippen LogP contribution is 2.33. The minimum absolute atomic E-state index is 0.00157. The predicted molar refractivity (Wildman–Crippen MR) is 129 cm³/mol. The third kappa shape index (κ3) is 11.1. The Morgan fingerprint density at radius 1 is 1.06 bits per heavy atom. The van der Waals surface area contributed by atoms with E-state index < -0.39 is 6.09 Å².